The van der Waals surface area contributed by atoms with Crippen molar-refractivity contribution in [2.24, 2.45) is 0 Å². The fourth-order valence-corrected chi connectivity index (χ4v) is 1.45. The Bertz CT molecular complexity index is 487. The van der Waals surface area contributed by atoms with E-state index in [0.717, 1.165) is 12.1 Å². The first-order valence-electron chi connectivity index (χ1n) is 3.21. The molecule has 0 unspecified atom stereocenters. The van der Waals surface area contributed by atoms with Crippen LogP contribution in [0.25, 0.3) is 0 Å². The van der Waals surface area contributed by atoms with Gasteiger partial charge in [0.25, 0.3) is 5.69 Å². The zero-order valence-electron chi connectivity index (χ0n) is 6.48. The molecule has 0 N–H and O–H groups in total. The summed E-state index contributed by atoms with van der Waals surface area (Å²) in [6, 6.07) is 2.37. The average Bonchev–Trinajstić information content (AvgIpc) is 2.02. The lowest BCUT2D eigenvalue weighted by atomic mass is 10.3. The smallest absolute Gasteiger partial charge is 0.258 e. The fourth-order valence-electron chi connectivity index (χ4n) is 0.784. The predicted octanol–water partition coefficient (Wildman–Crippen LogP) is 1.91. The third-order valence-electron chi connectivity index (χ3n) is 1.40. The van der Waals surface area contributed by atoms with Gasteiger partial charge in [-0.15, -0.1) is 3.89 Å². The van der Waals surface area contributed by atoms with E-state index in [2.05, 4.69) is 0 Å². The summed E-state index contributed by atoms with van der Waals surface area (Å²) in [6.07, 6.45) is 0. The summed E-state index contributed by atoms with van der Waals surface area (Å²) in [5, 5.41) is 10.1. The maximum Gasteiger partial charge on any atom is 0.332 e. The molecule has 0 bridgehead atoms. The van der Waals surface area contributed by atoms with Crippen molar-refractivity contribution in [3.8, 4) is 0 Å². The topological polar surface area (TPSA) is 77.3 Å². The summed E-state index contributed by atoms with van der Waals surface area (Å²) < 4.78 is 33.2. The molecule has 0 spiro atoms. The van der Waals surface area contributed by atoms with Gasteiger partial charge in [0.1, 0.15) is 9.92 Å². The third-order valence-corrected chi connectivity index (χ3v) is 2.53. The molecule has 0 heterocycles. The molecule has 1 aromatic carbocycles. The molecule has 0 radical (unpaired) electrons. The van der Waals surface area contributed by atoms with Crippen molar-refractivity contribution < 1.29 is 17.2 Å². The van der Waals surface area contributed by atoms with Gasteiger partial charge in [0.2, 0.25) is 0 Å². The molecule has 0 aromatic heterocycles. The Morgan fingerprint density at radius 1 is 1.43 bits per heavy atom. The van der Waals surface area contributed by atoms with E-state index in [1.807, 2.05) is 0 Å². The number of nitrogens with zero attached hydrogens (tertiary/aromatic N) is 1. The van der Waals surface area contributed by atoms with Crippen LogP contribution in [-0.2, 0) is 10.2 Å². The summed E-state index contributed by atoms with van der Waals surface area (Å²) in [4.78, 5) is 8.63. The number of rotatable bonds is 2. The Morgan fingerprint density at radius 2 is 2.00 bits per heavy atom. The van der Waals surface area contributed by atoms with Crippen LogP contribution in [0.2, 0.25) is 5.02 Å². The number of benzene rings is 1. The van der Waals surface area contributed by atoms with Gasteiger partial charge < -0.3 is 0 Å². The Hall–Kier alpha value is -1.21. The molecule has 0 fully saturated rings. The van der Waals surface area contributed by atoms with Gasteiger partial charge >= 0.3 is 10.2 Å². The molecule has 0 aliphatic heterocycles. The molecular weight excluding hydrogens is 237 g/mol. The molecule has 8 heteroatoms. The van der Waals surface area contributed by atoms with Crippen molar-refractivity contribution in [3.63, 3.8) is 0 Å². The minimum atomic E-state index is -4.94. The van der Waals surface area contributed by atoms with Crippen LogP contribution < -0.4 is 0 Å². The van der Waals surface area contributed by atoms with E-state index in [1.54, 1.807) is 0 Å². The highest BCUT2D eigenvalue weighted by Crippen LogP contribution is 2.27. The van der Waals surface area contributed by atoms with E-state index in [4.69, 9.17) is 11.6 Å². The van der Waals surface area contributed by atoms with Gasteiger partial charge in [0.15, 0.2) is 0 Å². The number of halogens is 2. The minimum Gasteiger partial charge on any atom is -0.258 e. The second-order valence-corrected chi connectivity index (χ2v) is 4.06. The van der Waals surface area contributed by atoms with Gasteiger partial charge in [0.05, 0.1) is 4.92 Å². The van der Waals surface area contributed by atoms with Crippen LogP contribution in [0.1, 0.15) is 0 Å². The average molecular weight is 240 g/mol. The van der Waals surface area contributed by atoms with Gasteiger partial charge in [-0.2, -0.15) is 8.42 Å². The predicted molar refractivity (Wildman–Crippen MR) is 46.4 cm³/mol. The van der Waals surface area contributed by atoms with Gasteiger partial charge in [0, 0.05) is 6.07 Å². The Labute approximate surface area is 83.5 Å². The molecule has 14 heavy (non-hydrogen) atoms. The summed E-state index contributed by atoms with van der Waals surface area (Å²) in [5.74, 6) is 0. The van der Waals surface area contributed by atoms with E-state index >= 15 is 0 Å². The van der Waals surface area contributed by atoms with E-state index in [1.165, 1.54) is 0 Å². The fraction of sp³-hybridized carbons (Fsp3) is 0. The normalized spacial score (nSPS) is 11.3. The number of nitro benzene ring substituents is 1. The minimum absolute atomic E-state index is 0.248. The Balaban J connectivity index is 3.42. The van der Waals surface area contributed by atoms with Crippen molar-refractivity contribution in [2.75, 3.05) is 0 Å². The lowest BCUT2D eigenvalue weighted by molar-refractivity contribution is -0.384. The largest absolute Gasteiger partial charge is 0.332 e. The third kappa shape index (κ3) is 2.18. The summed E-state index contributed by atoms with van der Waals surface area (Å²) in [7, 11) is -4.94. The highest BCUT2D eigenvalue weighted by molar-refractivity contribution is 7.86. The molecule has 1 rings (SSSR count). The lowest BCUT2D eigenvalue weighted by Crippen LogP contribution is -1.95. The highest BCUT2D eigenvalue weighted by atomic mass is 35.5. The molecule has 0 aliphatic carbocycles. The molecule has 0 saturated carbocycles. The quantitative estimate of drug-likeness (QED) is 0.449. The second kappa shape index (κ2) is 3.50. The van der Waals surface area contributed by atoms with Crippen LogP contribution in [0.15, 0.2) is 23.1 Å². The Morgan fingerprint density at radius 3 is 2.43 bits per heavy atom. The van der Waals surface area contributed by atoms with Crippen molar-refractivity contribution >= 4 is 27.5 Å². The molecule has 76 valence electrons. The zero-order valence-corrected chi connectivity index (χ0v) is 8.05. The SMILES string of the molecule is O=[N+]([O-])c1cc(S(=O)(=O)F)ccc1Cl. The molecular formula is C6H3ClFNO4S. The molecule has 0 saturated heterocycles. The zero-order chi connectivity index (χ0) is 10.9. The molecule has 1 aromatic rings. The Kier molecular flexibility index (Phi) is 2.72. The van der Waals surface area contributed by atoms with Gasteiger partial charge in [-0.05, 0) is 12.1 Å². The van der Waals surface area contributed by atoms with Crippen LogP contribution in [0.4, 0.5) is 9.57 Å². The van der Waals surface area contributed by atoms with Crippen molar-refractivity contribution in [1.82, 2.24) is 0 Å². The van der Waals surface area contributed by atoms with Crippen molar-refractivity contribution in [2.45, 2.75) is 4.90 Å². The summed E-state index contributed by atoms with van der Waals surface area (Å²) >= 11 is 5.38. The van der Waals surface area contributed by atoms with Crippen LogP contribution in [0.5, 0.6) is 0 Å². The number of hydrogen-bond donors (Lipinski definition) is 0. The second-order valence-electron chi connectivity index (χ2n) is 2.31. The first-order chi connectivity index (χ1) is 6.32. The molecule has 0 amide bonds. The van der Waals surface area contributed by atoms with Gasteiger partial charge in [-0.1, -0.05) is 11.6 Å². The first-order valence-corrected chi connectivity index (χ1v) is 4.97. The summed E-state index contributed by atoms with van der Waals surface area (Å²) in [5.41, 5.74) is -0.648. The number of hydrogen-bond acceptors (Lipinski definition) is 4. The molecule has 5 nitrogen and oxygen atoms in total. The maximum atomic E-state index is 12.4. The van der Waals surface area contributed by atoms with Crippen LogP contribution in [-0.4, -0.2) is 13.3 Å². The van der Waals surface area contributed by atoms with Crippen LogP contribution >= 0.6 is 11.6 Å². The molecule has 0 atom stereocenters. The first kappa shape index (κ1) is 10.9. The van der Waals surface area contributed by atoms with E-state index in [-0.39, 0.29) is 5.02 Å². The van der Waals surface area contributed by atoms with E-state index in [9.17, 15) is 22.4 Å². The van der Waals surface area contributed by atoms with E-state index < -0.39 is 25.7 Å². The highest BCUT2D eigenvalue weighted by Gasteiger charge is 2.19. The standard InChI is InChI=1S/C6H3ClFNO4S/c7-5-2-1-4(14(8,12)13)3-6(5)9(10)11/h1-3H. The van der Waals surface area contributed by atoms with Crippen LogP contribution in [0, 0.1) is 10.1 Å². The van der Waals surface area contributed by atoms with Gasteiger partial charge in [-0.25, -0.2) is 0 Å². The summed E-state index contributed by atoms with van der Waals surface area (Å²) in [6.45, 7) is 0. The number of nitro groups is 1. The van der Waals surface area contributed by atoms with E-state index in [0.29, 0.717) is 6.07 Å². The van der Waals surface area contributed by atoms with Crippen molar-refractivity contribution in [3.05, 3.63) is 33.3 Å². The molecule has 0 aliphatic rings. The van der Waals surface area contributed by atoms with Crippen LogP contribution in [0.3, 0.4) is 0 Å². The van der Waals surface area contributed by atoms with Gasteiger partial charge in [-0.3, -0.25) is 10.1 Å². The van der Waals surface area contributed by atoms with Crippen molar-refractivity contribution in [1.29, 1.82) is 0 Å². The lowest BCUT2D eigenvalue weighted by Gasteiger charge is -1.96. The monoisotopic (exact) mass is 239 g/mol. The maximum absolute atomic E-state index is 12.4.